The average Bonchev–Trinajstić information content (AvgIpc) is 2.94. The van der Waals surface area contributed by atoms with Crippen molar-refractivity contribution in [1.82, 2.24) is 4.57 Å². The summed E-state index contributed by atoms with van der Waals surface area (Å²) < 4.78 is 34.0. The molecule has 1 amide bonds. The first-order chi connectivity index (χ1) is 12.5. The number of carbonyl (C=O) groups excluding carboxylic acids is 2. The molecule has 5 nitrogen and oxygen atoms in total. The Morgan fingerprint density at radius 1 is 1.15 bits per heavy atom. The molecule has 0 N–H and O–H groups in total. The summed E-state index contributed by atoms with van der Waals surface area (Å²) in [6.45, 7) is 1.58. The second kappa shape index (κ2) is 7.57. The molecule has 0 saturated heterocycles. The first-order valence-electron chi connectivity index (χ1n) is 7.77. The van der Waals surface area contributed by atoms with E-state index in [0.717, 1.165) is 23.5 Å². The summed E-state index contributed by atoms with van der Waals surface area (Å²) in [5.74, 6) is -2.18. The SMILES string of the molecule is CCOC(=O)Cn1c(=NC(=O)c2ccc(F)cc2)sc2cccc(F)c21. The zero-order valence-corrected chi connectivity index (χ0v) is 14.6. The van der Waals surface area contributed by atoms with Gasteiger partial charge in [0, 0.05) is 5.56 Å². The van der Waals surface area contributed by atoms with Crippen LogP contribution in [-0.4, -0.2) is 23.1 Å². The largest absolute Gasteiger partial charge is 0.465 e. The third kappa shape index (κ3) is 3.70. The molecule has 1 heterocycles. The summed E-state index contributed by atoms with van der Waals surface area (Å²) in [7, 11) is 0. The first kappa shape index (κ1) is 17.9. The number of benzene rings is 2. The van der Waals surface area contributed by atoms with Gasteiger partial charge >= 0.3 is 5.97 Å². The zero-order valence-electron chi connectivity index (χ0n) is 13.7. The number of aromatic nitrogens is 1. The van der Waals surface area contributed by atoms with E-state index in [2.05, 4.69) is 4.99 Å². The predicted molar refractivity (Wildman–Crippen MR) is 92.7 cm³/mol. The van der Waals surface area contributed by atoms with Gasteiger partial charge in [-0.3, -0.25) is 9.59 Å². The van der Waals surface area contributed by atoms with Gasteiger partial charge in [0.15, 0.2) is 4.80 Å². The van der Waals surface area contributed by atoms with E-state index >= 15 is 0 Å². The molecule has 2 aromatic carbocycles. The van der Waals surface area contributed by atoms with Crippen molar-refractivity contribution in [3.05, 3.63) is 64.5 Å². The molecule has 134 valence electrons. The fourth-order valence-electron chi connectivity index (χ4n) is 2.40. The Labute approximate surface area is 151 Å². The smallest absolute Gasteiger partial charge is 0.326 e. The van der Waals surface area contributed by atoms with Crippen LogP contribution in [0.1, 0.15) is 17.3 Å². The number of halogens is 2. The van der Waals surface area contributed by atoms with Crippen LogP contribution in [0, 0.1) is 11.6 Å². The van der Waals surface area contributed by atoms with Gasteiger partial charge in [-0.05, 0) is 43.3 Å². The Hall–Kier alpha value is -2.87. The minimum absolute atomic E-state index is 0.160. The number of rotatable bonds is 4. The normalized spacial score (nSPS) is 11.7. The standard InChI is InChI=1S/C18H14F2N2O3S/c1-2-25-15(23)10-22-16-13(20)4-3-5-14(16)26-18(22)21-17(24)11-6-8-12(19)9-7-11/h3-9H,2,10H2,1H3. The molecule has 0 aliphatic carbocycles. The maximum atomic E-state index is 14.3. The zero-order chi connectivity index (χ0) is 18.7. The number of carbonyl (C=O) groups is 2. The lowest BCUT2D eigenvalue weighted by Crippen LogP contribution is -2.23. The summed E-state index contributed by atoms with van der Waals surface area (Å²) >= 11 is 1.08. The highest BCUT2D eigenvalue weighted by Crippen LogP contribution is 2.20. The molecule has 0 saturated carbocycles. The van der Waals surface area contributed by atoms with E-state index in [0.29, 0.717) is 4.70 Å². The summed E-state index contributed by atoms with van der Waals surface area (Å²) in [6.07, 6.45) is 0. The van der Waals surface area contributed by atoms with Crippen LogP contribution in [0.25, 0.3) is 10.2 Å². The molecular formula is C18H14F2N2O3S. The Kier molecular flexibility index (Phi) is 5.22. The van der Waals surface area contributed by atoms with Gasteiger partial charge in [-0.1, -0.05) is 17.4 Å². The van der Waals surface area contributed by atoms with Crippen LogP contribution < -0.4 is 4.80 Å². The highest BCUT2D eigenvalue weighted by molar-refractivity contribution is 7.16. The number of thiazole rings is 1. The van der Waals surface area contributed by atoms with Crippen molar-refractivity contribution in [3.8, 4) is 0 Å². The van der Waals surface area contributed by atoms with Gasteiger partial charge in [0.1, 0.15) is 18.2 Å². The van der Waals surface area contributed by atoms with Crippen LogP contribution in [0.5, 0.6) is 0 Å². The molecule has 0 aliphatic heterocycles. The van der Waals surface area contributed by atoms with Crippen molar-refractivity contribution in [2.45, 2.75) is 13.5 Å². The minimum atomic E-state index is -0.616. The summed E-state index contributed by atoms with van der Waals surface area (Å²) in [5, 5.41) is 0. The molecule has 1 aromatic heterocycles. The molecule has 0 unspecified atom stereocenters. The quantitative estimate of drug-likeness (QED) is 0.657. The van der Waals surface area contributed by atoms with Crippen molar-refractivity contribution in [3.63, 3.8) is 0 Å². The van der Waals surface area contributed by atoms with Crippen LogP contribution in [0.2, 0.25) is 0 Å². The van der Waals surface area contributed by atoms with Gasteiger partial charge in [0.05, 0.1) is 16.8 Å². The van der Waals surface area contributed by atoms with Crippen LogP contribution >= 0.6 is 11.3 Å². The van der Waals surface area contributed by atoms with Gasteiger partial charge < -0.3 is 9.30 Å². The molecule has 8 heteroatoms. The van der Waals surface area contributed by atoms with Gasteiger partial charge in [-0.2, -0.15) is 4.99 Å². The van der Waals surface area contributed by atoms with Crippen LogP contribution in [0.4, 0.5) is 8.78 Å². The Morgan fingerprint density at radius 3 is 2.58 bits per heavy atom. The highest BCUT2D eigenvalue weighted by atomic mass is 32.1. The maximum absolute atomic E-state index is 14.3. The highest BCUT2D eigenvalue weighted by Gasteiger charge is 2.15. The molecule has 0 bridgehead atoms. The molecule has 0 atom stereocenters. The lowest BCUT2D eigenvalue weighted by molar-refractivity contribution is -0.143. The van der Waals surface area contributed by atoms with E-state index in [-0.39, 0.29) is 29.0 Å². The second-order valence-corrected chi connectivity index (χ2v) is 6.30. The number of para-hydroxylation sites is 1. The van der Waals surface area contributed by atoms with Crippen molar-refractivity contribution in [2.75, 3.05) is 6.61 Å². The minimum Gasteiger partial charge on any atom is -0.465 e. The molecular weight excluding hydrogens is 362 g/mol. The van der Waals surface area contributed by atoms with Gasteiger partial charge in [0.25, 0.3) is 5.91 Å². The predicted octanol–water partition coefficient (Wildman–Crippen LogP) is 3.29. The van der Waals surface area contributed by atoms with Gasteiger partial charge in [-0.15, -0.1) is 0 Å². The average molecular weight is 376 g/mol. The van der Waals surface area contributed by atoms with E-state index in [1.165, 1.54) is 28.8 Å². The first-order valence-corrected chi connectivity index (χ1v) is 8.59. The number of hydrogen-bond acceptors (Lipinski definition) is 4. The number of hydrogen-bond donors (Lipinski definition) is 0. The molecule has 3 aromatic rings. The van der Waals surface area contributed by atoms with Gasteiger partial charge in [0.2, 0.25) is 0 Å². The number of amides is 1. The van der Waals surface area contributed by atoms with Crippen LogP contribution in [0.15, 0.2) is 47.5 Å². The molecule has 0 spiro atoms. The van der Waals surface area contributed by atoms with Gasteiger partial charge in [-0.25, -0.2) is 8.78 Å². The summed E-state index contributed by atoms with van der Waals surface area (Å²) in [4.78, 5) is 28.4. The van der Waals surface area contributed by atoms with Crippen LogP contribution in [0.3, 0.4) is 0 Å². The lowest BCUT2D eigenvalue weighted by atomic mass is 10.2. The monoisotopic (exact) mass is 376 g/mol. The molecule has 26 heavy (non-hydrogen) atoms. The number of ether oxygens (including phenoxy) is 1. The van der Waals surface area contributed by atoms with E-state index < -0.39 is 23.5 Å². The Bertz CT molecular complexity index is 1040. The third-order valence-electron chi connectivity index (χ3n) is 3.53. The van der Waals surface area contributed by atoms with Crippen molar-refractivity contribution in [2.24, 2.45) is 4.99 Å². The number of fused-ring (bicyclic) bond motifs is 1. The molecule has 0 fully saturated rings. The summed E-state index contributed by atoms with van der Waals surface area (Å²) in [5.41, 5.74) is 0.364. The topological polar surface area (TPSA) is 60.7 Å². The Morgan fingerprint density at radius 2 is 1.88 bits per heavy atom. The maximum Gasteiger partial charge on any atom is 0.326 e. The Balaban J connectivity index is 2.12. The molecule has 0 aliphatic rings. The van der Waals surface area contributed by atoms with E-state index in [4.69, 9.17) is 4.74 Å². The van der Waals surface area contributed by atoms with E-state index in [1.54, 1.807) is 13.0 Å². The van der Waals surface area contributed by atoms with Crippen LogP contribution in [-0.2, 0) is 16.1 Å². The number of nitrogens with zero attached hydrogens (tertiary/aromatic N) is 2. The van der Waals surface area contributed by atoms with E-state index in [1.807, 2.05) is 0 Å². The fraction of sp³-hybridized carbons (Fsp3) is 0.167. The van der Waals surface area contributed by atoms with Crippen molar-refractivity contribution >= 4 is 33.4 Å². The van der Waals surface area contributed by atoms with E-state index in [9.17, 15) is 18.4 Å². The number of esters is 1. The molecule has 3 rings (SSSR count). The lowest BCUT2D eigenvalue weighted by Gasteiger charge is -2.05. The van der Waals surface area contributed by atoms with Crippen molar-refractivity contribution < 1.29 is 23.1 Å². The molecule has 0 radical (unpaired) electrons. The van der Waals surface area contributed by atoms with Crippen molar-refractivity contribution in [1.29, 1.82) is 0 Å². The third-order valence-corrected chi connectivity index (χ3v) is 4.58. The summed E-state index contributed by atoms with van der Waals surface area (Å²) in [6, 6.07) is 9.40. The fourth-order valence-corrected chi connectivity index (χ4v) is 3.44. The second-order valence-electron chi connectivity index (χ2n) is 5.29.